The predicted octanol–water partition coefficient (Wildman–Crippen LogP) is 1.42. The maximum absolute atomic E-state index is 11.7. The zero-order chi connectivity index (χ0) is 12.4. The minimum atomic E-state index is -0.788. The van der Waals surface area contributed by atoms with Crippen molar-refractivity contribution in [1.82, 2.24) is 10.2 Å². The minimum absolute atomic E-state index is 0.116. The molecule has 4 amide bonds. The van der Waals surface area contributed by atoms with Crippen molar-refractivity contribution in [3.05, 3.63) is 0 Å². The molecule has 0 aromatic heterocycles. The van der Waals surface area contributed by atoms with E-state index in [4.69, 9.17) is 0 Å². The van der Waals surface area contributed by atoms with Crippen molar-refractivity contribution in [2.75, 3.05) is 0 Å². The van der Waals surface area contributed by atoms with E-state index in [-0.39, 0.29) is 6.04 Å². The second kappa shape index (κ2) is 4.85. The molecule has 2 fully saturated rings. The summed E-state index contributed by atoms with van der Waals surface area (Å²) < 4.78 is 0. The summed E-state index contributed by atoms with van der Waals surface area (Å²) in [4.78, 5) is 35.6. The smallest absolute Gasteiger partial charge is 0.269 e. The summed E-state index contributed by atoms with van der Waals surface area (Å²) in [6.45, 7) is 1.96. The van der Waals surface area contributed by atoms with Gasteiger partial charge in [-0.05, 0) is 25.2 Å². The van der Waals surface area contributed by atoms with Crippen molar-refractivity contribution in [1.29, 1.82) is 0 Å². The monoisotopic (exact) mass is 238 g/mol. The van der Waals surface area contributed by atoms with Crippen molar-refractivity contribution in [3.63, 3.8) is 0 Å². The molecule has 94 valence electrons. The number of carbonyl (C=O) groups excluding carboxylic acids is 3. The van der Waals surface area contributed by atoms with Gasteiger partial charge in [-0.3, -0.25) is 19.8 Å². The van der Waals surface area contributed by atoms with E-state index in [9.17, 15) is 14.4 Å². The molecule has 1 atom stereocenters. The van der Waals surface area contributed by atoms with E-state index in [1.54, 1.807) is 0 Å². The molecule has 2 aliphatic rings. The Balaban J connectivity index is 2.14. The second-order valence-electron chi connectivity index (χ2n) is 4.81. The second-order valence-corrected chi connectivity index (χ2v) is 4.81. The lowest BCUT2D eigenvalue weighted by atomic mass is 9.82. The van der Waals surface area contributed by atoms with Gasteiger partial charge in [0, 0.05) is 6.04 Å². The van der Waals surface area contributed by atoms with Gasteiger partial charge >= 0.3 is 17.8 Å². The summed E-state index contributed by atoms with van der Waals surface area (Å²) in [5.41, 5.74) is 0. The average molecular weight is 238 g/mol. The zero-order valence-corrected chi connectivity index (χ0v) is 10.1. The molecule has 0 aromatic carbocycles. The van der Waals surface area contributed by atoms with E-state index in [1.807, 2.05) is 6.92 Å². The maximum atomic E-state index is 11.7. The first-order chi connectivity index (χ1) is 8.15. The molecule has 1 unspecified atom stereocenters. The number of rotatable bonds is 3. The van der Waals surface area contributed by atoms with Gasteiger partial charge < -0.3 is 0 Å². The lowest BCUT2D eigenvalue weighted by Gasteiger charge is -2.33. The highest BCUT2D eigenvalue weighted by Crippen LogP contribution is 2.31. The van der Waals surface area contributed by atoms with E-state index >= 15 is 0 Å². The minimum Gasteiger partial charge on any atom is -0.269 e. The molecule has 0 spiro atoms. The third-order valence-corrected chi connectivity index (χ3v) is 3.80. The summed E-state index contributed by atoms with van der Waals surface area (Å²) in [5.74, 6) is -1.12. The molecule has 1 saturated heterocycles. The van der Waals surface area contributed by atoms with Crippen LogP contribution in [0.4, 0.5) is 4.79 Å². The van der Waals surface area contributed by atoms with Gasteiger partial charge in [0.1, 0.15) is 0 Å². The van der Waals surface area contributed by atoms with Crippen LogP contribution < -0.4 is 5.32 Å². The van der Waals surface area contributed by atoms with Crippen molar-refractivity contribution in [2.45, 2.75) is 51.5 Å². The van der Waals surface area contributed by atoms with E-state index in [2.05, 4.69) is 5.32 Å². The Morgan fingerprint density at radius 2 is 1.88 bits per heavy atom. The van der Waals surface area contributed by atoms with Crippen LogP contribution in [0.3, 0.4) is 0 Å². The Kier molecular flexibility index (Phi) is 3.45. The highest BCUT2D eigenvalue weighted by molar-refractivity contribution is 6.44. The first kappa shape index (κ1) is 12.1. The Bertz CT molecular complexity index is 348. The van der Waals surface area contributed by atoms with Crippen molar-refractivity contribution in [2.24, 2.45) is 5.92 Å². The van der Waals surface area contributed by atoms with E-state index in [0.717, 1.165) is 37.0 Å². The molecule has 0 radical (unpaired) electrons. The van der Waals surface area contributed by atoms with Crippen LogP contribution in [0.2, 0.25) is 0 Å². The first-order valence-corrected chi connectivity index (χ1v) is 6.33. The van der Waals surface area contributed by atoms with Crippen LogP contribution in [0.1, 0.15) is 45.4 Å². The number of hydrogen-bond acceptors (Lipinski definition) is 3. The van der Waals surface area contributed by atoms with Crippen molar-refractivity contribution >= 4 is 17.8 Å². The molecule has 17 heavy (non-hydrogen) atoms. The van der Waals surface area contributed by atoms with Gasteiger partial charge in [-0.15, -0.1) is 0 Å². The van der Waals surface area contributed by atoms with Gasteiger partial charge in [0.05, 0.1) is 0 Å². The SMILES string of the molecule is CCC(C1CCCCC1)N1C(=O)NC(=O)C1=O. The third kappa shape index (κ3) is 2.18. The van der Waals surface area contributed by atoms with Crippen LogP contribution in [-0.4, -0.2) is 28.8 Å². The third-order valence-electron chi connectivity index (χ3n) is 3.80. The van der Waals surface area contributed by atoms with Gasteiger partial charge in [0.15, 0.2) is 0 Å². The molecular weight excluding hydrogens is 220 g/mol. The normalized spacial score (nSPS) is 24.1. The fourth-order valence-electron chi connectivity index (χ4n) is 2.96. The lowest BCUT2D eigenvalue weighted by molar-refractivity contribution is -0.141. The Morgan fingerprint density at radius 1 is 1.24 bits per heavy atom. The zero-order valence-electron chi connectivity index (χ0n) is 10.1. The number of urea groups is 1. The molecule has 5 nitrogen and oxygen atoms in total. The molecule has 1 saturated carbocycles. The van der Waals surface area contributed by atoms with Crippen LogP contribution in [0.15, 0.2) is 0 Å². The van der Waals surface area contributed by atoms with E-state index < -0.39 is 17.8 Å². The summed E-state index contributed by atoms with van der Waals surface area (Å²) in [6.07, 6.45) is 6.34. The van der Waals surface area contributed by atoms with Gasteiger partial charge in [-0.1, -0.05) is 26.2 Å². The number of nitrogens with zero attached hydrogens (tertiary/aromatic N) is 1. The predicted molar refractivity (Wildman–Crippen MR) is 61.0 cm³/mol. The van der Waals surface area contributed by atoms with Crippen LogP contribution in [-0.2, 0) is 9.59 Å². The molecule has 0 aromatic rings. The molecular formula is C12H18N2O3. The van der Waals surface area contributed by atoms with Crippen LogP contribution >= 0.6 is 0 Å². The molecule has 1 N–H and O–H groups in total. The maximum Gasteiger partial charge on any atom is 0.331 e. The number of amides is 4. The Hall–Kier alpha value is -1.39. The molecule has 5 heteroatoms. The van der Waals surface area contributed by atoms with Crippen LogP contribution in [0, 0.1) is 5.92 Å². The largest absolute Gasteiger partial charge is 0.331 e. The van der Waals surface area contributed by atoms with Gasteiger partial charge in [-0.25, -0.2) is 4.79 Å². The standard InChI is InChI=1S/C12H18N2O3/c1-2-9(8-6-4-3-5-7-8)14-11(16)10(15)13-12(14)17/h8-9H,2-7H2,1H3,(H,13,15,17). The summed E-state index contributed by atoms with van der Waals surface area (Å²) >= 11 is 0. The Labute approximate surface area is 101 Å². The fourth-order valence-corrected chi connectivity index (χ4v) is 2.96. The van der Waals surface area contributed by atoms with E-state index in [1.165, 1.54) is 6.42 Å². The quantitative estimate of drug-likeness (QED) is 0.597. The average Bonchev–Trinajstić information content (AvgIpc) is 2.58. The van der Waals surface area contributed by atoms with E-state index in [0.29, 0.717) is 5.92 Å². The topological polar surface area (TPSA) is 66.5 Å². The summed E-state index contributed by atoms with van der Waals surface area (Å²) in [7, 11) is 0. The molecule has 1 aliphatic carbocycles. The summed E-state index contributed by atoms with van der Waals surface area (Å²) in [5, 5.41) is 2.07. The molecule has 1 aliphatic heterocycles. The molecule has 0 bridgehead atoms. The van der Waals surface area contributed by atoms with Gasteiger partial charge in [-0.2, -0.15) is 0 Å². The van der Waals surface area contributed by atoms with Crippen molar-refractivity contribution in [3.8, 4) is 0 Å². The lowest BCUT2D eigenvalue weighted by Crippen LogP contribution is -2.45. The highest BCUT2D eigenvalue weighted by atomic mass is 16.2. The highest BCUT2D eigenvalue weighted by Gasteiger charge is 2.43. The van der Waals surface area contributed by atoms with Crippen molar-refractivity contribution < 1.29 is 14.4 Å². The van der Waals surface area contributed by atoms with Crippen LogP contribution in [0.25, 0.3) is 0 Å². The van der Waals surface area contributed by atoms with Gasteiger partial charge in [0.25, 0.3) is 0 Å². The summed E-state index contributed by atoms with van der Waals surface area (Å²) in [6, 6.07) is -0.660. The number of nitrogens with one attached hydrogen (secondary N) is 1. The molecule has 2 rings (SSSR count). The van der Waals surface area contributed by atoms with Gasteiger partial charge in [0.2, 0.25) is 0 Å². The number of imide groups is 2. The fraction of sp³-hybridized carbons (Fsp3) is 0.750. The van der Waals surface area contributed by atoms with Crippen LogP contribution in [0.5, 0.6) is 0 Å². The number of hydrogen-bond donors (Lipinski definition) is 1. The first-order valence-electron chi connectivity index (χ1n) is 6.33. The Morgan fingerprint density at radius 3 is 2.35 bits per heavy atom. The molecule has 1 heterocycles. The number of carbonyl (C=O) groups is 3.